The molecule has 5 nitrogen and oxygen atoms in total. The number of nitrogens with zero attached hydrogens (tertiary/aromatic N) is 2. The summed E-state index contributed by atoms with van der Waals surface area (Å²) in [5.74, 6) is 0. The van der Waals surface area contributed by atoms with Crippen LogP contribution in [0.15, 0.2) is 54.6 Å². The van der Waals surface area contributed by atoms with E-state index in [1.165, 1.54) is 5.56 Å². The van der Waals surface area contributed by atoms with Gasteiger partial charge in [0.25, 0.3) is 0 Å². The van der Waals surface area contributed by atoms with Crippen LogP contribution in [0.5, 0.6) is 0 Å². The van der Waals surface area contributed by atoms with E-state index in [4.69, 9.17) is 12.2 Å². The maximum absolute atomic E-state index is 12.4. The minimum Gasteiger partial charge on any atom is -0.345 e. The van der Waals surface area contributed by atoms with Crippen LogP contribution in [-0.4, -0.2) is 47.1 Å². The van der Waals surface area contributed by atoms with Gasteiger partial charge in [-0.15, -0.1) is 0 Å². The van der Waals surface area contributed by atoms with Crippen LogP contribution in [0.25, 0.3) is 0 Å². The monoisotopic (exact) mass is 368 g/mol. The first-order chi connectivity index (χ1) is 12.7. The average Bonchev–Trinajstić information content (AvgIpc) is 2.69. The Morgan fingerprint density at radius 1 is 0.923 bits per heavy atom. The van der Waals surface area contributed by atoms with Gasteiger partial charge in [-0.3, -0.25) is 0 Å². The number of hydrogen-bond donors (Lipinski definition) is 2. The summed E-state index contributed by atoms with van der Waals surface area (Å²) in [5, 5.41) is 6.95. The lowest BCUT2D eigenvalue weighted by Crippen LogP contribution is -2.52. The lowest BCUT2D eigenvalue weighted by molar-refractivity contribution is 0.182. The Labute approximate surface area is 160 Å². The lowest BCUT2D eigenvalue weighted by Gasteiger charge is -2.36. The van der Waals surface area contributed by atoms with Gasteiger partial charge >= 0.3 is 6.03 Å². The fourth-order valence-corrected chi connectivity index (χ4v) is 3.21. The van der Waals surface area contributed by atoms with Crippen LogP contribution in [0.2, 0.25) is 0 Å². The molecule has 2 N–H and O–H groups in total. The molecule has 1 fully saturated rings. The number of thiocarbonyl (C=S) groups is 1. The highest BCUT2D eigenvalue weighted by atomic mass is 32.1. The van der Waals surface area contributed by atoms with E-state index in [-0.39, 0.29) is 6.03 Å². The summed E-state index contributed by atoms with van der Waals surface area (Å²) in [7, 11) is 0. The molecular weight excluding hydrogens is 344 g/mol. The molecule has 0 spiro atoms. The van der Waals surface area contributed by atoms with Gasteiger partial charge in [0.2, 0.25) is 0 Å². The molecule has 0 aliphatic carbocycles. The quantitative estimate of drug-likeness (QED) is 0.809. The summed E-state index contributed by atoms with van der Waals surface area (Å²) in [6.07, 6.45) is 0.998. The Morgan fingerprint density at radius 3 is 2.27 bits per heavy atom. The van der Waals surface area contributed by atoms with Gasteiger partial charge in [-0.2, -0.15) is 0 Å². The van der Waals surface area contributed by atoms with Crippen molar-refractivity contribution in [2.75, 3.05) is 36.8 Å². The Balaban J connectivity index is 1.49. The molecule has 26 heavy (non-hydrogen) atoms. The van der Waals surface area contributed by atoms with Gasteiger partial charge in [-0.25, -0.2) is 4.79 Å². The van der Waals surface area contributed by atoms with Crippen LogP contribution < -0.4 is 10.6 Å². The largest absolute Gasteiger partial charge is 0.345 e. The standard InChI is InChI=1S/C20H24N4OS/c1-2-16-7-6-10-18(15-16)22-20(26)24-13-11-23(12-14-24)19(25)21-17-8-4-3-5-9-17/h3-10,15H,2,11-14H2,1H3,(H,21,25)(H,22,26). The number of benzene rings is 2. The molecule has 1 aliphatic rings. The van der Waals surface area contributed by atoms with Gasteiger partial charge in [0.05, 0.1) is 0 Å². The Morgan fingerprint density at radius 2 is 1.58 bits per heavy atom. The van der Waals surface area contributed by atoms with Gasteiger partial charge < -0.3 is 20.4 Å². The zero-order valence-electron chi connectivity index (χ0n) is 14.9. The molecule has 3 rings (SSSR count). The van der Waals surface area contributed by atoms with E-state index in [1.54, 1.807) is 0 Å². The lowest BCUT2D eigenvalue weighted by atomic mass is 10.1. The Kier molecular flexibility index (Phi) is 6.07. The molecular formula is C20H24N4OS. The topological polar surface area (TPSA) is 47.6 Å². The predicted molar refractivity (Wildman–Crippen MR) is 111 cm³/mol. The van der Waals surface area contributed by atoms with Crippen LogP contribution in [0, 0.1) is 0 Å². The van der Waals surface area contributed by atoms with Gasteiger partial charge in [-0.05, 0) is 48.5 Å². The van der Waals surface area contributed by atoms with E-state index in [9.17, 15) is 4.79 Å². The second kappa shape index (κ2) is 8.67. The highest BCUT2D eigenvalue weighted by Gasteiger charge is 2.22. The summed E-state index contributed by atoms with van der Waals surface area (Å²) in [4.78, 5) is 16.3. The van der Waals surface area contributed by atoms with Gasteiger partial charge in [0, 0.05) is 37.6 Å². The smallest absolute Gasteiger partial charge is 0.321 e. The maximum atomic E-state index is 12.4. The van der Waals surface area contributed by atoms with Gasteiger partial charge in [0.1, 0.15) is 0 Å². The molecule has 0 saturated carbocycles. The van der Waals surface area contributed by atoms with Crippen molar-refractivity contribution in [3.05, 3.63) is 60.2 Å². The third-order valence-corrected chi connectivity index (χ3v) is 4.83. The number of rotatable bonds is 3. The first kappa shape index (κ1) is 18.2. The molecule has 2 aromatic rings. The fraction of sp³-hybridized carbons (Fsp3) is 0.300. The first-order valence-electron chi connectivity index (χ1n) is 8.91. The number of piperazine rings is 1. The fourth-order valence-electron chi connectivity index (χ4n) is 2.91. The number of carbonyl (C=O) groups is 1. The molecule has 1 heterocycles. The van der Waals surface area contributed by atoms with Crippen LogP contribution >= 0.6 is 12.2 Å². The third-order valence-electron chi connectivity index (χ3n) is 4.47. The zero-order chi connectivity index (χ0) is 18.4. The number of hydrogen-bond acceptors (Lipinski definition) is 2. The van der Waals surface area contributed by atoms with E-state index < -0.39 is 0 Å². The van der Waals surface area contributed by atoms with E-state index in [0.29, 0.717) is 18.2 Å². The van der Waals surface area contributed by atoms with Crippen LogP contribution in [0.4, 0.5) is 16.2 Å². The van der Waals surface area contributed by atoms with Crippen molar-refractivity contribution in [1.29, 1.82) is 0 Å². The van der Waals surface area contributed by atoms with E-state index in [2.05, 4.69) is 34.6 Å². The molecule has 2 aromatic carbocycles. The van der Waals surface area contributed by atoms with Crippen LogP contribution in [0.3, 0.4) is 0 Å². The van der Waals surface area contributed by atoms with E-state index in [0.717, 1.165) is 30.9 Å². The van der Waals surface area contributed by atoms with E-state index >= 15 is 0 Å². The van der Waals surface area contributed by atoms with Crippen molar-refractivity contribution in [3.8, 4) is 0 Å². The van der Waals surface area contributed by atoms with Gasteiger partial charge in [-0.1, -0.05) is 37.3 Å². The minimum atomic E-state index is -0.0645. The summed E-state index contributed by atoms with van der Waals surface area (Å²) >= 11 is 5.54. The summed E-state index contributed by atoms with van der Waals surface area (Å²) in [5.41, 5.74) is 3.10. The number of nitrogens with one attached hydrogen (secondary N) is 2. The van der Waals surface area contributed by atoms with Crippen LogP contribution in [0.1, 0.15) is 12.5 Å². The molecule has 0 unspecified atom stereocenters. The molecule has 0 atom stereocenters. The molecule has 0 radical (unpaired) electrons. The van der Waals surface area contributed by atoms with Crippen LogP contribution in [-0.2, 0) is 6.42 Å². The number of para-hydroxylation sites is 1. The Hall–Kier alpha value is -2.60. The van der Waals surface area contributed by atoms with Crippen molar-refractivity contribution in [1.82, 2.24) is 9.80 Å². The summed E-state index contributed by atoms with van der Waals surface area (Å²) < 4.78 is 0. The molecule has 2 amide bonds. The third kappa shape index (κ3) is 4.73. The summed E-state index contributed by atoms with van der Waals surface area (Å²) in [6, 6.07) is 17.7. The molecule has 136 valence electrons. The van der Waals surface area contributed by atoms with Crippen molar-refractivity contribution in [3.63, 3.8) is 0 Å². The molecule has 1 saturated heterocycles. The number of anilines is 2. The van der Waals surface area contributed by atoms with Crippen molar-refractivity contribution in [2.24, 2.45) is 0 Å². The highest BCUT2D eigenvalue weighted by Crippen LogP contribution is 2.14. The van der Waals surface area contributed by atoms with Crippen molar-refractivity contribution >= 4 is 34.7 Å². The molecule has 0 aromatic heterocycles. The highest BCUT2D eigenvalue weighted by molar-refractivity contribution is 7.80. The van der Waals surface area contributed by atoms with Gasteiger partial charge in [0.15, 0.2) is 5.11 Å². The number of amides is 2. The normalized spacial score (nSPS) is 14.0. The number of aryl methyl sites for hydroxylation is 1. The second-order valence-corrected chi connectivity index (χ2v) is 6.64. The molecule has 0 bridgehead atoms. The second-order valence-electron chi connectivity index (χ2n) is 6.25. The zero-order valence-corrected chi connectivity index (χ0v) is 15.8. The SMILES string of the molecule is CCc1cccc(NC(=S)N2CCN(C(=O)Nc3ccccc3)CC2)c1. The molecule has 6 heteroatoms. The number of carbonyl (C=O) groups excluding carboxylic acids is 1. The van der Waals surface area contributed by atoms with Crippen molar-refractivity contribution in [2.45, 2.75) is 13.3 Å². The Bertz CT molecular complexity index is 757. The minimum absolute atomic E-state index is 0.0645. The summed E-state index contributed by atoms with van der Waals surface area (Å²) in [6.45, 7) is 4.88. The van der Waals surface area contributed by atoms with Crippen molar-refractivity contribution < 1.29 is 4.79 Å². The van der Waals surface area contributed by atoms with E-state index in [1.807, 2.05) is 47.4 Å². The predicted octanol–water partition coefficient (Wildman–Crippen LogP) is 3.80. The maximum Gasteiger partial charge on any atom is 0.321 e. The first-order valence-corrected chi connectivity index (χ1v) is 9.32. The molecule has 1 aliphatic heterocycles. The average molecular weight is 369 g/mol. The number of urea groups is 1.